The Balaban J connectivity index is 1.64. The third-order valence-electron chi connectivity index (χ3n) is 6.05. The molecule has 3 rings (SSSR count). The lowest BCUT2D eigenvalue weighted by Gasteiger charge is -2.29. The van der Waals surface area contributed by atoms with Crippen LogP contribution >= 0.6 is 0 Å². The predicted molar refractivity (Wildman–Crippen MR) is 112 cm³/mol. The van der Waals surface area contributed by atoms with Crippen LogP contribution in [0.3, 0.4) is 0 Å². The first-order chi connectivity index (χ1) is 14.4. The van der Waals surface area contributed by atoms with E-state index in [1.54, 1.807) is 6.92 Å². The summed E-state index contributed by atoms with van der Waals surface area (Å²) in [5.41, 5.74) is 1.07. The number of hydrogen-bond acceptors (Lipinski definition) is 4. The van der Waals surface area contributed by atoms with Gasteiger partial charge in [-0.3, -0.25) is 24.1 Å². The summed E-state index contributed by atoms with van der Waals surface area (Å²) in [5, 5.41) is 2.58. The Morgan fingerprint density at radius 1 is 1.10 bits per heavy atom. The van der Waals surface area contributed by atoms with Gasteiger partial charge in [0.1, 0.15) is 6.04 Å². The number of benzene rings is 1. The zero-order valence-electron chi connectivity index (χ0n) is 17.5. The monoisotopic (exact) mass is 411 g/mol. The third kappa shape index (κ3) is 4.61. The molecule has 1 fully saturated rings. The van der Waals surface area contributed by atoms with E-state index in [9.17, 15) is 19.2 Å². The molecule has 0 saturated carbocycles. The van der Waals surface area contributed by atoms with Crippen LogP contribution in [0, 0.1) is 11.8 Å². The quantitative estimate of drug-likeness (QED) is 0.519. The Labute approximate surface area is 177 Å². The lowest BCUT2D eigenvalue weighted by atomic mass is 9.85. The van der Waals surface area contributed by atoms with Crippen molar-refractivity contribution in [2.24, 2.45) is 11.8 Å². The molecule has 2 aliphatic rings. The fourth-order valence-electron chi connectivity index (χ4n) is 4.22. The van der Waals surface area contributed by atoms with Gasteiger partial charge in [0.05, 0.1) is 11.8 Å². The number of carbonyl (C=O) groups is 4. The summed E-state index contributed by atoms with van der Waals surface area (Å²) in [6.07, 6.45) is 5.67. The zero-order chi connectivity index (χ0) is 21.7. The van der Waals surface area contributed by atoms with Crippen molar-refractivity contribution < 1.29 is 19.2 Å². The Morgan fingerprint density at radius 2 is 1.70 bits per heavy atom. The van der Waals surface area contributed by atoms with Crippen LogP contribution in [0.2, 0.25) is 0 Å². The molecule has 0 bridgehead atoms. The summed E-state index contributed by atoms with van der Waals surface area (Å²) in [4.78, 5) is 53.2. The number of carbonyl (C=O) groups excluding carboxylic acids is 4. The van der Waals surface area contributed by atoms with Crippen LogP contribution in [-0.2, 0) is 25.6 Å². The van der Waals surface area contributed by atoms with Gasteiger partial charge < -0.3 is 10.2 Å². The van der Waals surface area contributed by atoms with Gasteiger partial charge in [-0.05, 0) is 31.7 Å². The Morgan fingerprint density at radius 3 is 2.27 bits per heavy atom. The summed E-state index contributed by atoms with van der Waals surface area (Å²) in [6, 6.07) is 9.11. The molecule has 160 valence electrons. The normalized spacial score (nSPS) is 21.3. The van der Waals surface area contributed by atoms with Gasteiger partial charge in [0.25, 0.3) is 0 Å². The number of likely N-dealkylation sites (tertiary alicyclic amines) is 1. The van der Waals surface area contributed by atoms with E-state index < -0.39 is 6.04 Å². The molecule has 1 N–H and O–H groups in total. The second-order valence-electron chi connectivity index (χ2n) is 7.85. The summed E-state index contributed by atoms with van der Waals surface area (Å²) in [6.45, 7) is 2.13. The molecule has 1 saturated heterocycles. The highest BCUT2D eigenvalue weighted by atomic mass is 16.2. The minimum atomic E-state index is -0.636. The molecule has 4 amide bonds. The van der Waals surface area contributed by atoms with Crippen LogP contribution in [0.5, 0.6) is 0 Å². The van der Waals surface area contributed by atoms with Gasteiger partial charge in [-0.2, -0.15) is 0 Å². The van der Waals surface area contributed by atoms with Gasteiger partial charge >= 0.3 is 0 Å². The fraction of sp³-hybridized carbons (Fsp3) is 0.478. The maximum Gasteiger partial charge on any atom is 0.242 e. The zero-order valence-corrected chi connectivity index (χ0v) is 17.5. The summed E-state index contributed by atoms with van der Waals surface area (Å²) in [5.74, 6) is -1.44. The van der Waals surface area contributed by atoms with Crippen molar-refractivity contribution in [3.8, 4) is 0 Å². The van der Waals surface area contributed by atoms with E-state index in [0.717, 1.165) is 5.56 Å². The lowest BCUT2D eigenvalue weighted by molar-refractivity contribution is -0.143. The van der Waals surface area contributed by atoms with Gasteiger partial charge in [-0.15, -0.1) is 0 Å². The van der Waals surface area contributed by atoms with Crippen molar-refractivity contribution in [1.29, 1.82) is 0 Å². The molecule has 0 unspecified atom stereocenters. The molecule has 7 nitrogen and oxygen atoms in total. The van der Waals surface area contributed by atoms with Crippen LogP contribution in [-0.4, -0.2) is 59.6 Å². The molecule has 1 aromatic carbocycles. The van der Waals surface area contributed by atoms with Crippen molar-refractivity contribution in [3.05, 3.63) is 48.0 Å². The van der Waals surface area contributed by atoms with Crippen molar-refractivity contribution >= 4 is 23.6 Å². The number of amides is 4. The average Bonchev–Trinajstić information content (AvgIpc) is 3.02. The molecule has 3 atom stereocenters. The molecule has 1 aromatic rings. The number of allylic oxidation sites excluding steroid dienone is 2. The fourth-order valence-corrected chi connectivity index (χ4v) is 4.22. The topological polar surface area (TPSA) is 86.8 Å². The number of fused-ring (bicyclic) bond motifs is 1. The first kappa shape index (κ1) is 21.7. The largest absolute Gasteiger partial charge is 0.357 e. The summed E-state index contributed by atoms with van der Waals surface area (Å²) >= 11 is 0. The standard InChI is InChI=1S/C23H29N3O4/c1-16(21(28)24-2)25(14-12-17-8-4-3-5-9-17)20(27)13-15-26-22(29)18-10-6-7-11-19(18)23(26)30/h3-9,16,18-19H,10-15H2,1-2H3,(H,24,28)/t16-,18-,19+/m1/s1. The second kappa shape index (κ2) is 9.69. The van der Waals surface area contributed by atoms with E-state index >= 15 is 0 Å². The van der Waals surface area contributed by atoms with E-state index in [0.29, 0.717) is 25.8 Å². The Kier molecular flexibility index (Phi) is 7.03. The molecule has 0 radical (unpaired) electrons. The molecular weight excluding hydrogens is 382 g/mol. The average molecular weight is 412 g/mol. The van der Waals surface area contributed by atoms with Gasteiger partial charge in [0, 0.05) is 26.6 Å². The molecular formula is C23H29N3O4. The number of hydrogen-bond donors (Lipinski definition) is 1. The number of nitrogens with one attached hydrogen (secondary N) is 1. The maximum absolute atomic E-state index is 13.0. The van der Waals surface area contributed by atoms with Crippen LogP contribution in [0.1, 0.15) is 31.7 Å². The number of likely N-dealkylation sites (N-methyl/N-ethyl adjacent to an activating group) is 1. The third-order valence-corrected chi connectivity index (χ3v) is 6.05. The molecule has 0 spiro atoms. The van der Waals surface area contributed by atoms with E-state index in [1.165, 1.54) is 16.8 Å². The van der Waals surface area contributed by atoms with Crippen LogP contribution in [0.15, 0.2) is 42.5 Å². The molecule has 30 heavy (non-hydrogen) atoms. The van der Waals surface area contributed by atoms with Crippen LogP contribution in [0.25, 0.3) is 0 Å². The number of nitrogens with zero attached hydrogens (tertiary/aromatic N) is 2. The first-order valence-corrected chi connectivity index (χ1v) is 10.5. The van der Waals surface area contributed by atoms with Crippen molar-refractivity contribution in [1.82, 2.24) is 15.1 Å². The van der Waals surface area contributed by atoms with E-state index in [2.05, 4.69) is 5.32 Å². The molecule has 1 aliphatic heterocycles. The highest BCUT2D eigenvalue weighted by Gasteiger charge is 2.47. The van der Waals surface area contributed by atoms with Gasteiger partial charge in [-0.25, -0.2) is 0 Å². The smallest absolute Gasteiger partial charge is 0.242 e. The second-order valence-corrected chi connectivity index (χ2v) is 7.85. The molecule has 1 heterocycles. The van der Waals surface area contributed by atoms with Gasteiger partial charge in [0.2, 0.25) is 23.6 Å². The molecule has 0 aromatic heterocycles. The lowest BCUT2D eigenvalue weighted by Crippen LogP contribution is -2.48. The Bertz CT molecular complexity index is 810. The van der Waals surface area contributed by atoms with Gasteiger partial charge in [-0.1, -0.05) is 42.5 Å². The van der Waals surface area contributed by atoms with E-state index in [1.807, 2.05) is 42.5 Å². The maximum atomic E-state index is 13.0. The van der Waals surface area contributed by atoms with Gasteiger partial charge in [0.15, 0.2) is 0 Å². The van der Waals surface area contributed by atoms with Crippen LogP contribution < -0.4 is 5.32 Å². The molecule has 1 aliphatic carbocycles. The minimum Gasteiger partial charge on any atom is -0.357 e. The number of rotatable bonds is 8. The highest BCUT2D eigenvalue weighted by Crippen LogP contribution is 2.35. The highest BCUT2D eigenvalue weighted by molar-refractivity contribution is 6.05. The number of imide groups is 1. The predicted octanol–water partition coefficient (Wildman–Crippen LogP) is 1.53. The minimum absolute atomic E-state index is 0.0144. The summed E-state index contributed by atoms with van der Waals surface area (Å²) in [7, 11) is 1.54. The van der Waals surface area contributed by atoms with Crippen LogP contribution in [0.4, 0.5) is 0 Å². The van der Waals surface area contributed by atoms with Crippen molar-refractivity contribution in [3.63, 3.8) is 0 Å². The van der Waals surface area contributed by atoms with E-state index in [4.69, 9.17) is 0 Å². The van der Waals surface area contributed by atoms with Crippen molar-refractivity contribution in [2.45, 2.75) is 38.6 Å². The first-order valence-electron chi connectivity index (χ1n) is 10.5. The SMILES string of the molecule is CNC(=O)[C@@H](C)N(CCc1ccccc1)C(=O)CCN1C(=O)[C@H]2CC=CC[C@H]2C1=O. The molecule has 7 heteroatoms. The van der Waals surface area contributed by atoms with Crippen molar-refractivity contribution in [2.75, 3.05) is 20.1 Å². The summed E-state index contributed by atoms with van der Waals surface area (Å²) < 4.78 is 0. The Hall–Kier alpha value is -2.96. The van der Waals surface area contributed by atoms with E-state index in [-0.39, 0.29) is 48.4 Å².